The second kappa shape index (κ2) is 7.84. The van der Waals surface area contributed by atoms with Crippen LogP contribution in [0.4, 0.5) is 16.2 Å². The second-order valence-electron chi connectivity index (χ2n) is 7.30. The first-order valence-corrected chi connectivity index (χ1v) is 9.91. The number of aromatic nitrogens is 1. The van der Waals surface area contributed by atoms with Gasteiger partial charge >= 0.3 is 6.03 Å². The molecular weight excluding hydrogens is 358 g/mol. The first-order valence-electron chi connectivity index (χ1n) is 9.91. The van der Waals surface area contributed by atoms with Crippen molar-refractivity contribution in [2.75, 3.05) is 10.6 Å². The van der Waals surface area contributed by atoms with E-state index < -0.39 is 0 Å². The van der Waals surface area contributed by atoms with Crippen LogP contribution in [0.1, 0.15) is 23.6 Å². The van der Waals surface area contributed by atoms with Gasteiger partial charge in [0.1, 0.15) is 0 Å². The Morgan fingerprint density at radius 2 is 1.66 bits per heavy atom. The number of aromatic amines is 1. The van der Waals surface area contributed by atoms with Gasteiger partial charge in [-0.3, -0.25) is 0 Å². The van der Waals surface area contributed by atoms with Crippen LogP contribution in [0.3, 0.4) is 0 Å². The van der Waals surface area contributed by atoms with Crippen molar-refractivity contribution in [2.24, 2.45) is 0 Å². The summed E-state index contributed by atoms with van der Waals surface area (Å²) in [4.78, 5) is 16.3. The normalized spacial score (nSPS) is 10.9. The molecule has 0 saturated heterocycles. The number of nitrogens with one attached hydrogen (secondary N) is 3. The highest BCUT2D eigenvalue weighted by atomic mass is 16.2. The van der Waals surface area contributed by atoms with Crippen LogP contribution in [-0.4, -0.2) is 11.0 Å². The van der Waals surface area contributed by atoms with Gasteiger partial charge in [-0.05, 0) is 49.1 Å². The van der Waals surface area contributed by atoms with Crippen LogP contribution in [0.25, 0.3) is 22.2 Å². The zero-order chi connectivity index (χ0) is 20.4. The van der Waals surface area contributed by atoms with Crippen LogP contribution in [0.5, 0.6) is 0 Å². The molecule has 146 valence electrons. The van der Waals surface area contributed by atoms with Crippen LogP contribution in [0.2, 0.25) is 0 Å². The maximum absolute atomic E-state index is 12.8. The van der Waals surface area contributed by atoms with E-state index in [4.69, 9.17) is 0 Å². The fraction of sp³-hybridized carbons (Fsp3) is 0.160. The Bertz CT molecular complexity index is 1170. The van der Waals surface area contributed by atoms with Gasteiger partial charge in [-0.25, -0.2) is 4.79 Å². The molecule has 0 saturated carbocycles. The fourth-order valence-corrected chi connectivity index (χ4v) is 3.55. The van der Waals surface area contributed by atoms with Gasteiger partial charge in [-0.2, -0.15) is 0 Å². The molecule has 1 aromatic heterocycles. The van der Waals surface area contributed by atoms with E-state index in [2.05, 4.69) is 46.8 Å². The Balaban J connectivity index is 1.70. The third-order valence-electron chi connectivity index (χ3n) is 5.45. The molecular formula is C25H25N3O. The molecule has 0 atom stereocenters. The minimum absolute atomic E-state index is 0.255. The van der Waals surface area contributed by atoms with Gasteiger partial charge in [0.15, 0.2) is 0 Å². The highest BCUT2D eigenvalue weighted by Gasteiger charge is 2.16. The average Bonchev–Trinajstić information content (AvgIpc) is 3.10. The van der Waals surface area contributed by atoms with E-state index >= 15 is 0 Å². The standard InChI is InChI=1S/C25H25N3O/c1-4-18-12-14-19(15-13-18)23-24(20-9-5-6-10-22(20)26-23)28-25(29)27-21-11-7-8-16(2)17(21)3/h5-15,26H,4H2,1-3H3,(H2,27,28,29). The topological polar surface area (TPSA) is 56.9 Å². The lowest BCUT2D eigenvalue weighted by Crippen LogP contribution is -2.20. The second-order valence-corrected chi connectivity index (χ2v) is 7.30. The van der Waals surface area contributed by atoms with Crippen molar-refractivity contribution in [2.45, 2.75) is 27.2 Å². The number of H-pyrrole nitrogens is 1. The summed E-state index contributed by atoms with van der Waals surface area (Å²) in [7, 11) is 0. The molecule has 0 fully saturated rings. The number of hydrogen-bond acceptors (Lipinski definition) is 1. The smallest absolute Gasteiger partial charge is 0.323 e. The molecule has 4 nitrogen and oxygen atoms in total. The van der Waals surface area contributed by atoms with E-state index in [0.29, 0.717) is 0 Å². The molecule has 4 heteroatoms. The predicted octanol–water partition coefficient (Wildman–Crippen LogP) is 6.66. The Labute approximate surface area is 171 Å². The van der Waals surface area contributed by atoms with Gasteiger partial charge in [-0.1, -0.05) is 61.5 Å². The van der Waals surface area contributed by atoms with Crippen LogP contribution in [0.15, 0.2) is 66.7 Å². The quantitative estimate of drug-likeness (QED) is 0.363. The van der Waals surface area contributed by atoms with Crippen molar-refractivity contribution in [3.05, 3.63) is 83.4 Å². The molecule has 4 rings (SSSR count). The van der Waals surface area contributed by atoms with Crippen LogP contribution < -0.4 is 10.6 Å². The van der Waals surface area contributed by atoms with E-state index in [1.54, 1.807) is 0 Å². The van der Waals surface area contributed by atoms with Crippen LogP contribution >= 0.6 is 0 Å². The summed E-state index contributed by atoms with van der Waals surface area (Å²) < 4.78 is 0. The van der Waals surface area contributed by atoms with Crippen molar-refractivity contribution < 1.29 is 4.79 Å². The van der Waals surface area contributed by atoms with E-state index in [1.165, 1.54) is 5.56 Å². The van der Waals surface area contributed by atoms with E-state index in [-0.39, 0.29) is 6.03 Å². The molecule has 0 unspecified atom stereocenters. The van der Waals surface area contributed by atoms with Crippen molar-refractivity contribution >= 4 is 28.3 Å². The summed E-state index contributed by atoms with van der Waals surface area (Å²) in [6, 6.07) is 22.1. The molecule has 3 N–H and O–H groups in total. The molecule has 0 bridgehead atoms. The lowest BCUT2D eigenvalue weighted by Gasteiger charge is -2.12. The number of carbonyl (C=O) groups is 1. The first kappa shape index (κ1) is 18.8. The maximum Gasteiger partial charge on any atom is 0.323 e. The molecule has 3 aromatic carbocycles. The number of para-hydroxylation sites is 1. The summed E-state index contributed by atoms with van der Waals surface area (Å²) >= 11 is 0. The molecule has 4 aromatic rings. The average molecular weight is 383 g/mol. The number of hydrogen-bond donors (Lipinski definition) is 3. The number of benzene rings is 3. The number of aryl methyl sites for hydroxylation is 2. The van der Waals surface area contributed by atoms with Crippen molar-refractivity contribution in [3.63, 3.8) is 0 Å². The highest BCUT2D eigenvalue weighted by Crippen LogP contribution is 2.35. The lowest BCUT2D eigenvalue weighted by atomic mass is 10.1. The van der Waals surface area contributed by atoms with Gasteiger partial charge in [0, 0.05) is 22.2 Å². The number of amides is 2. The Hall–Kier alpha value is -3.53. The highest BCUT2D eigenvalue weighted by molar-refractivity contribution is 6.10. The minimum Gasteiger partial charge on any atom is -0.353 e. The molecule has 0 aliphatic carbocycles. The molecule has 29 heavy (non-hydrogen) atoms. The SMILES string of the molecule is CCc1ccc(-c2[nH]c3ccccc3c2NC(=O)Nc2cccc(C)c2C)cc1. The van der Waals surface area contributed by atoms with Gasteiger partial charge in [0.05, 0.1) is 11.4 Å². The third kappa shape index (κ3) is 3.74. The number of fused-ring (bicyclic) bond motifs is 1. The van der Waals surface area contributed by atoms with Crippen molar-refractivity contribution in [1.29, 1.82) is 0 Å². The molecule has 0 spiro atoms. The lowest BCUT2D eigenvalue weighted by molar-refractivity contribution is 0.262. The van der Waals surface area contributed by atoms with Crippen LogP contribution in [0, 0.1) is 13.8 Å². The van der Waals surface area contributed by atoms with E-state index in [9.17, 15) is 4.79 Å². The number of carbonyl (C=O) groups excluding carboxylic acids is 1. The van der Waals surface area contributed by atoms with Gasteiger partial charge in [-0.15, -0.1) is 0 Å². The molecule has 0 aliphatic rings. The van der Waals surface area contributed by atoms with Gasteiger partial charge < -0.3 is 15.6 Å². The Morgan fingerprint density at radius 3 is 2.41 bits per heavy atom. The monoisotopic (exact) mass is 383 g/mol. The van der Waals surface area contributed by atoms with Gasteiger partial charge in [0.25, 0.3) is 0 Å². The van der Waals surface area contributed by atoms with Gasteiger partial charge in [0.2, 0.25) is 0 Å². The Kier molecular flexibility index (Phi) is 5.09. The van der Waals surface area contributed by atoms with Crippen molar-refractivity contribution in [3.8, 4) is 11.3 Å². The molecule has 2 amide bonds. The zero-order valence-corrected chi connectivity index (χ0v) is 17.0. The third-order valence-corrected chi connectivity index (χ3v) is 5.45. The first-order chi connectivity index (χ1) is 14.1. The fourth-order valence-electron chi connectivity index (χ4n) is 3.55. The minimum atomic E-state index is -0.255. The summed E-state index contributed by atoms with van der Waals surface area (Å²) in [5, 5.41) is 7.05. The summed E-state index contributed by atoms with van der Waals surface area (Å²) in [5.74, 6) is 0. The molecule has 0 radical (unpaired) electrons. The number of urea groups is 1. The zero-order valence-electron chi connectivity index (χ0n) is 17.0. The summed E-state index contributed by atoms with van der Waals surface area (Å²) in [5.41, 5.74) is 8.04. The predicted molar refractivity (Wildman–Crippen MR) is 122 cm³/mol. The summed E-state index contributed by atoms with van der Waals surface area (Å²) in [6.07, 6.45) is 0.996. The molecule has 1 heterocycles. The van der Waals surface area contributed by atoms with Crippen molar-refractivity contribution in [1.82, 2.24) is 4.98 Å². The number of rotatable bonds is 4. The van der Waals surface area contributed by atoms with E-state index in [0.717, 1.165) is 51.1 Å². The number of anilines is 2. The summed E-state index contributed by atoms with van der Waals surface area (Å²) in [6.45, 7) is 6.19. The Morgan fingerprint density at radius 1 is 0.897 bits per heavy atom. The molecule has 0 aliphatic heterocycles. The van der Waals surface area contributed by atoms with E-state index in [1.807, 2.05) is 56.3 Å². The maximum atomic E-state index is 12.8. The largest absolute Gasteiger partial charge is 0.353 e. The van der Waals surface area contributed by atoms with Crippen LogP contribution in [-0.2, 0) is 6.42 Å².